The first-order valence-corrected chi connectivity index (χ1v) is 7.71. The summed E-state index contributed by atoms with van der Waals surface area (Å²) in [6.45, 7) is 4.10. The van der Waals surface area contributed by atoms with Gasteiger partial charge in [-0.15, -0.1) is 0 Å². The Balaban J connectivity index is 2.37. The second-order valence-corrected chi connectivity index (χ2v) is 6.49. The van der Waals surface area contributed by atoms with Crippen molar-refractivity contribution in [2.24, 2.45) is 0 Å². The summed E-state index contributed by atoms with van der Waals surface area (Å²) in [5.41, 5.74) is 0.286. The summed E-state index contributed by atoms with van der Waals surface area (Å²) >= 11 is 0. The van der Waals surface area contributed by atoms with Crippen LogP contribution in [-0.4, -0.2) is 53.3 Å². The summed E-state index contributed by atoms with van der Waals surface area (Å²) in [6.07, 6.45) is 1.87. The van der Waals surface area contributed by atoms with Crippen molar-refractivity contribution >= 4 is 10.0 Å². The molecule has 1 aliphatic heterocycles. The highest BCUT2D eigenvalue weighted by Crippen LogP contribution is 2.24. The van der Waals surface area contributed by atoms with Crippen LogP contribution in [0.15, 0.2) is 11.2 Å². The zero-order valence-electron chi connectivity index (χ0n) is 11.0. The van der Waals surface area contributed by atoms with Crippen molar-refractivity contribution in [3.05, 3.63) is 11.8 Å². The predicted molar refractivity (Wildman–Crippen MR) is 67.9 cm³/mol. The van der Waals surface area contributed by atoms with Gasteiger partial charge in [-0.3, -0.25) is 5.10 Å². The van der Waals surface area contributed by atoms with Crippen LogP contribution < -0.4 is 0 Å². The molecule has 2 heterocycles. The topological polar surface area (TPSA) is 95.5 Å². The maximum Gasteiger partial charge on any atom is 0.260 e. The van der Waals surface area contributed by atoms with E-state index in [4.69, 9.17) is 4.74 Å². The molecular weight excluding hydrogens is 270 g/mol. The molecular formula is C11H19N3O4S. The number of hydrogen-bond acceptors (Lipinski definition) is 5. The maximum absolute atomic E-state index is 12.6. The molecule has 0 saturated carbocycles. The molecule has 1 aliphatic rings. The summed E-state index contributed by atoms with van der Waals surface area (Å²) in [7, 11) is -3.68. The minimum atomic E-state index is -3.68. The zero-order valence-corrected chi connectivity index (χ0v) is 11.9. The van der Waals surface area contributed by atoms with Crippen molar-refractivity contribution in [1.82, 2.24) is 14.5 Å². The number of morpholine rings is 1. The molecule has 0 aromatic carbocycles. The van der Waals surface area contributed by atoms with Gasteiger partial charge >= 0.3 is 0 Å². The highest BCUT2D eigenvalue weighted by molar-refractivity contribution is 7.89. The number of ether oxygens (including phenoxy) is 1. The van der Waals surface area contributed by atoms with Gasteiger partial charge in [-0.1, -0.05) is 6.92 Å². The third-order valence-corrected chi connectivity index (χ3v) is 5.24. The van der Waals surface area contributed by atoms with Gasteiger partial charge in [0, 0.05) is 18.2 Å². The van der Waals surface area contributed by atoms with Crippen molar-refractivity contribution in [3.63, 3.8) is 0 Å². The number of aromatic nitrogens is 2. The Labute approximate surface area is 112 Å². The molecule has 108 valence electrons. The minimum Gasteiger partial charge on any atom is -0.392 e. The van der Waals surface area contributed by atoms with Crippen molar-refractivity contribution in [2.45, 2.75) is 44.0 Å². The van der Waals surface area contributed by atoms with E-state index < -0.39 is 10.0 Å². The monoisotopic (exact) mass is 289 g/mol. The molecule has 0 spiro atoms. The van der Waals surface area contributed by atoms with E-state index in [-0.39, 0.29) is 29.3 Å². The summed E-state index contributed by atoms with van der Waals surface area (Å²) in [5.74, 6) is 0. The summed E-state index contributed by atoms with van der Waals surface area (Å²) in [6, 6.07) is -0.184. The standard InChI is InChI=1S/C11H19N3O4S/c1-3-10-7-18-8(2)5-14(10)19(16,17)11-9(6-15)4-12-13-11/h4,8,10,15H,3,5-7H2,1-2H3,(H,12,13). The fourth-order valence-corrected chi connectivity index (χ4v) is 4.04. The molecule has 1 saturated heterocycles. The van der Waals surface area contributed by atoms with E-state index in [2.05, 4.69) is 10.2 Å². The molecule has 1 fully saturated rings. The molecule has 1 aromatic heterocycles. The quantitative estimate of drug-likeness (QED) is 0.819. The van der Waals surface area contributed by atoms with E-state index in [0.717, 1.165) is 0 Å². The van der Waals surface area contributed by atoms with E-state index in [0.29, 0.717) is 19.6 Å². The minimum absolute atomic E-state index is 0.0254. The van der Waals surface area contributed by atoms with Crippen LogP contribution in [0.4, 0.5) is 0 Å². The molecule has 19 heavy (non-hydrogen) atoms. The van der Waals surface area contributed by atoms with Gasteiger partial charge < -0.3 is 9.84 Å². The molecule has 2 N–H and O–H groups in total. The smallest absolute Gasteiger partial charge is 0.260 e. The Morgan fingerprint density at radius 3 is 3.00 bits per heavy atom. The summed E-state index contributed by atoms with van der Waals surface area (Å²) < 4.78 is 32.2. The molecule has 2 unspecified atom stereocenters. The van der Waals surface area contributed by atoms with Gasteiger partial charge in [-0.2, -0.15) is 9.40 Å². The molecule has 2 atom stereocenters. The highest BCUT2D eigenvalue weighted by atomic mass is 32.2. The normalized spacial score (nSPS) is 25.6. The second-order valence-electron chi connectivity index (χ2n) is 4.66. The molecule has 7 nitrogen and oxygen atoms in total. The zero-order chi connectivity index (χ0) is 14.0. The van der Waals surface area contributed by atoms with Crippen molar-refractivity contribution < 1.29 is 18.3 Å². The van der Waals surface area contributed by atoms with Crippen LogP contribution in [-0.2, 0) is 21.4 Å². The number of H-pyrrole nitrogens is 1. The second kappa shape index (κ2) is 5.58. The Kier molecular flexibility index (Phi) is 4.24. The number of nitrogens with one attached hydrogen (secondary N) is 1. The van der Waals surface area contributed by atoms with E-state index in [1.165, 1.54) is 10.5 Å². The lowest BCUT2D eigenvalue weighted by molar-refractivity contribution is -0.0231. The Hall–Kier alpha value is -0.960. The number of aromatic amines is 1. The van der Waals surface area contributed by atoms with Gasteiger partial charge in [-0.25, -0.2) is 8.42 Å². The first kappa shape index (κ1) is 14.4. The lowest BCUT2D eigenvalue weighted by Gasteiger charge is -2.36. The number of aliphatic hydroxyl groups is 1. The number of hydrogen-bond donors (Lipinski definition) is 2. The van der Waals surface area contributed by atoms with E-state index in [1.807, 2.05) is 13.8 Å². The van der Waals surface area contributed by atoms with E-state index in [1.54, 1.807) is 0 Å². The largest absolute Gasteiger partial charge is 0.392 e. The highest BCUT2D eigenvalue weighted by Gasteiger charge is 2.37. The van der Waals surface area contributed by atoms with Gasteiger partial charge in [0.15, 0.2) is 5.03 Å². The molecule has 8 heteroatoms. The van der Waals surface area contributed by atoms with Crippen LogP contribution in [0.1, 0.15) is 25.8 Å². The fourth-order valence-electron chi connectivity index (χ4n) is 2.18. The first-order chi connectivity index (χ1) is 9.00. The van der Waals surface area contributed by atoms with Crippen LogP contribution in [0.3, 0.4) is 0 Å². The van der Waals surface area contributed by atoms with E-state index in [9.17, 15) is 13.5 Å². The number of aliphatic hydroxyl groups excluding tert-OH is 1. The van der Waals surface area contributed by atoms with Crippen LogP contribution in [0.5, 0.6) is 0 Å². The van der Waals surface area contributed by atoms with Crippen LogP contribution in [0.2, 0.25) is 0 Å². The number of rotatable bonds is 4. The molecule has 1 aromatic rings. The van der Waals surface area contributed by atoms with Gasteiger partial charge in [-0.05, 0) is 13.3 Å². The van der Waals surface area contributed by atoms with Gasteiger partial charge in [0.05, 0.1) is 25.5 Å². The molecule has 0 radical (unpaired) electrons. The lowest BCUT2D eigenvalue weighted by Crippen LogP contribution is -2.51. The molecule has 2 rings (SSSR count). The van der Waals surface area contributed by atoms with Gasteiger partial charge in [0.25, 0.3) is 10.0 Å². The molecule has 0 bridgehead atoms. The van der Waals surface area contributed by atoms with Crippen LogP contribution in [0, 0.1) is 0 Å². The SMILES string of the molecule is CCC1COC(C)CN1S(=O)(=O)c1[nH]ncc1CO. The number of nitrogens with zero attached hydrogens (tertiary/aromatic N) is 2. The third-order valence-electron chi connectivity index (χ3n) is 3.30. The first-order valence-electron chi connectivity index (χ1n) is 6.27. The van der Waals surface area contributed by atoms with E-state index >= 15 is 0 Å². The predicted octanol–water partition coefficient (Wildman–Crippen LogP) is 0.0900. The van der Waals surface area contributed by atoms with Gasteiger partial charge in [0.2, 0.25) is 0 Å². The Morgan fingerprint density at radius 2 is 2.37 bits per heavy atom. The van der Waals surface area contributed by atoms with Crippen molar-refractivity contribution in [3.8, 4) is 0 Å². The van der Waals surface area contributed by atoms with Crippen molar-refractivity contribution in [2.75, 3.05) is 13.2 Å². The molecule has 0 aliphatic carbocycles. The Morgan fingerprint density at radius 1 is 1.63 bits per heavy atom. The Bertz CT molecular complexity index is 528. The van der Waals surface area contributed by atoms with Crippen LogP contribution >= 0.6 is 0 Å². The summed E-state index contributed by atoms with van der Waals surface area (Å²) in [5, 5.41) is 15.3. The lowest BCUT2D eigenvalue weighted by atomic mass is 10.2. The summed E-state index contributed by atoms with van der Waals surface area (Å²) in [4.78, 5) is 0. The number of sulfonamides is 1. The van der Waals surface area contributed by atoms with Crippen LogP contribution in [0.25, 0.3) is 0 Å². The van der Waals surface area contributed by atoms with Gasteiger partial charge in [0.1, 0.15) is 0 Å². The van der Waals surface area contributed by atoms with Crippen molar-refractivity contribution in [1.29, 1.82) is 0 Å². The average Bonchev–Trinajstić information content (AvgIpc) is 2.87. The maximum atomic E-state index is 12.6. The molecule has 0 amide bonds. The fraction of sp³-hybridized carbons (Fsp3) is 0.727. The average molecular weight is 289 g/mol. The third kappa shape index (κ3) is 2.66.